The van der Waals surface area contributed by atoms with Crippen molar-refractivity contribution >= 4 is 38.6 Å². The summed E-state index contributed by atoms with van der Waals surface area (Å²) in [6.07, 6.45) is 2.63. The molecule has 116 valence electrons. The molecule has 1 saturated heterocycles. The number of hydrogen-bond acceptors (Lipinski definition) is 6. The number of ether oxygens (including phenoxy) is 1. The molecule has 2 aliphatic rings. The molecule has 10 heteroatoms. The lowest BCUT2D eigenvalue weighted by Gasteiger charge is -2.18. The quantitative estimate of drug-likeness (QED) is 0.646. The number of sulfonamides is 1. The Morgan fingerprint density at radius 2 is 2.14 bits per heavy atom. The molecule has 2 atom stereocenters. The summed E-state index contributed by atoms with van der Waals surface area (Å²) in [6.45, 7) is 0.527. The van der Waals surface area contributed by atoms with Crippen LogP contribution in [-0.2, 0) is 14.8 Å². The monoisotopic (exact) mass is 352 g/mol. The van der Waals surface area contributed by atoms with Crippen LogP contribution in [0.5, 0.6) is 0 Å². The van der Waals surface area contributed by atoms with Gasteiger partial charge in [0.15, 0.2) is 4.34 Å². The molecular formula is C11H13ClN2O5S2. The maximum Gasteiger partial charge on any atom is 0.300 e. The number of thiophene rings is 1. The van der Waals surface area contributed by atoms with Gasteiger partial charge in [-0.3, -0.25) is 10.1 Å². The highest BCUT2D eigenvalue weighted by Crippen LogP contribution is 2.40. The zero-order valence-corrected chi connectivity index (χ0v) is 13.2. The van der Waals surface area contributed by atoms with Gasteiger partial charge >= 0.3 is 0 Å². The summed E-state index contributed by atoms with van der Waals surface area (Å²) < 4.78 is 32.6. The molecule has 3 rings (SSSR count). The predicted molar refractivity (Wildman–Crippen MR) is 77.2 cm³/mol. The number of nitrogens with zero attached hydrogens (tertiary/aromatic N) is 1. The van der Waals surface area contributed by atoms with Crippen LogP contribution in [0, 0.1) is 16.0 Å². The highest BCUT2D eigenvalue weighted by molar-refractivity contribution is 7.91. The van der Waals surface area contributed by atoms with E-state index in [1.807, 2.05) is 0 Å². The molecule has 0 amide bonds. The Morgan fingerprint density at radius 3 is 2.71 bits per heavy atom. The third-order valence-corrected chi connectivity index (χ3v) is 6.94. The first kappa shape index (κ1) is 15.2. The smallest absolute Gasteiger partial charge is 0.300 e. The second-order valence-corrected chi connectivity index (χ2v) is 8.77. The van der Waals surface area contributed by atoms with Crippen molar-refractivity contribution < 1.29 is 18.1 Å². The number of nitro groups is 1. The van der Waals surface area contributed by atoms with Gasteiger partial charge in [0.05, 0.1) is 17.1 Å². The summed E-state index contributed by atoms with van der Waals surface area (Å²) in [7, 11) is -3.82. The molecule has 1 aromatic rings. The largest absolute Gasteiger partial charge is 0.376 e. The average Bonchev–Trinajstić information content (AvgIpc) is 3.00. The Kier molecular flexibility index (Phi) is 3.95. The van der Waals surface area contributed by atoms with Gasteiger partial charge < -0.3 is 4.74 Å². The minimum atomic E-state index is -3.82. The predicted octanol–water partition coefficient (Wildman–Crippen LogP) is 2.16. The molecule has 1 aliphatic carbocycles. The van der Waals surface area contributed by atoms with Gasteiger partial charge in [0.1, 0.15) is 4.21 Å². The third kappa shape index (κ3) is 3.07. The summed E-state index contributed by atoms with van der Waals surface area (Å²) in [5.41, 5.74) is -0.386. The molecule has 2 heterocycles. The van der Waals surface area contributed by atoms with Crippen molar-refractivity contribution in [2.75, 3.05) is 6.61 Å². The fraction of sp³-hybridized carbons (Fsp3) is 0.636. The Labute approximate surface area is 130 Å². The lowest BCUT2D eigenvalue weighted by molar-refractivity contribution is -0.384. The van der Waals surface area contributed by atoms with E-state index in [4.69, 9.17) is 16.3 Å². The third-order valence-electron chi connectivity index (χ3n) is 3.64. The van der Waals surface area contributed by atoms with Crippen LogP contribution in [0.4, 0.5) is 5.69 Å². The fourth-order valence-corrected chi connectivity index (χ4v) is 5.44. The maximum atomic E-state index is 12.3. The SMILES string of the molecule is O=[N+]([O-])c1cc(S(=O)(=O)NC2CCOC2C2CC2)sc1Cl. The number of halogens is 1. The van der Waals surface area contributed by atoms with Crippen molar-refractivity contribution in [3.05, 3.63) is 20.5 Å². The molecule has 1 saturated carbocycles. The van der Waals surface area contributed by atoms with E-state index in [1.54, 1.807) is 0 Å². The van der Waals surface area contributed by atoms with Gasteiger partial charge in [-0.1, -0.05) is 11.6 Å². The van der Waals surface area contributed by atoms with E-state index in [0.29, 0.717) is 30.3 Å². The van der Waals surface area contributed by atoms with Crippen LogP contribution >= 0.6 is 22.9 Å². The average molecular weight is 353 g/mol. The molecule has 0 spiro atoms. The Hall–Kier alpha value is -0.740. The topological polar surface area (TPSA) is 98.5 Å². The zero-order chi connectivity index (χ0) is 15.2. The van der Waals surface area contributed by atoms with Crippen molar-refractivity contribution in [3.63, 3.8) is 0 Å². The van der Waals surface area contributed by atoms with E-state index < -0.39 is 14.9 Å². The molecule has 7 nitrogen and oxygen atoms in total. The van der Waals surface area contributed by atoms with E-state index in [1.165, 1.54) is 0 Å². The Morgan fingerprint density at radius 1 is 1.43 bits per heavy atom. The molecule has 0 bridgehead atoms. The highest BCUT2D eigenvalue weighted by atomic mass is 35.5. The molecule has 2 fully saturated rings. The van der Waals surface area contributed by atoms with E-state index in [2.05, 4.69) is 4.72 Å². The second-order valence-electron chi connectivity index (χ2n) is 5.17. The summed E-state index contributed by atoms with van der Waals surface area (Å²) in [4.78, 5) is 10.1. The number of nitrogens with one attached hydrogen (secondary N) is 1. The Balaban J connectivity index is 1.80. The standard InChI is InChI=1S/C11H13ClN2O5S2/c12-11-8(14(15)16)5-9(20-11)21(17,18)13-7-3-4-19-10(7)6-1-2-6/h5-7,10,13H,1-4H2. The van der Waals surface area contributed by atoms with E-state index >= 15 is 0 Å². The second kappa shape index (κ2) is 5.47. The van der Waals surface area contributed by atoms with E-state index in [0.717, 1.165) is 18.9 Å². The maximum absolute atomic E-state index is 12.3. The van der Waals surface area contributed by atoms with Gasteiger partial charge in [-0.15, -0.1) is 11.3 Å². The van der Waals surface area contributed by atoms with Crippen LogP contribution in [0.25, 0.3) is 0 Å². The van der Waals surface area contributed by atoms with Gasteiger partial charge in [0.25, 0.3) is 15.7 Å². The molecule has 0 aromatic carbocycles. The van der Waals surface area contributed by atoms with Gasteiger partial charge in [0.2, 0.25) is 0 Å². The van der Waals surface area contributed by atoms with Gasteiger partial charge in [-0.05, 0) is 25.2 Å². The van der Waals surface area contributed by atoms with Crippen LogP contribution in [0.1, 0.15) is 19.3 Å². The van der Waals surface area contributed by atoms with Crippen molar-refractivity contribution in [1.29, 1.82) is 0 Å². The van der Waals surface area contributed by atoms with Crippen LogP contribution < -0.4 is 4.72 Å². The molecule has 21 heavy (non-hydrogen) atoms. The Bertz CT molecular complexity index is 670. The molecule has 1 N–H and O–H groups in total. The van der Waals surface area contributed by atoms with E-state index in [-0.39, 0.29) is 26.4 Å². The first-order chi connectivity index (χ1) is 9.88. The first-order valence-electron chi connectivity index (χ1n) is 6.46. The minimum Gasteiger partial charge on any atom is -0.376 e. The van der Waals surface area contributed by atoms with Gasteiger partial charge in [0, 0.05) is 12.7 Å². The van der Waals surface area contributed by atoms with Crippen LogP contribution in [0.3, 0.4) is 0 Å². The summed E-state index contributed by atoms with van der Waals surface area (Å²) >= 11 is 6.40. The van der Waals surface area contributed by atoms with Crippen molar-refractivity contribution in [2.45, 2.75) is 35.6 Å². The summed E-state index contributed by atoms with van der Waals surface area (Å²) in [5, 5.41) is 10.7. The summed E-state index contributed by atoms with van der Waals surface area (Å²) in [5.74, 6) is 0.418. The van der Waals surface area contributed by atoms with Gasteiger partial charge in [-0.2, -0.15) is 0 Å². The fourth-order valence-electron chi connectivity index (χ4n) is 2.48. The van der Waals surface area contributed by atoms with Crippen LogP contribution in [0.15, 0.2) is 10.3 Å². The minimum absolute atomic E-state index is 0.0924. The molecular weight excluding hydrogens is 340 g/mol. The number of rotatable bonds is 5. The number of hydrogen-bond donors (Lipinski definition) is 1. The zero-order valence-electron chi connectivity index (χ0n) is 10.8. The van der Waals surface area contributed by atoms with Crippen molar-refractivity contribution in [2.24, 2.45) is 5.92 Å². The molecule has 2 unspecified atom stereocenters. The summed E-state index contributed by atoms with van der Waals surface area (Å²) in [6, 6.07) is 0.722. The van der Waals surface area contributed by atoms with Crippen molar-refractivity contribution in [3.8, 4) is 0 Å². The molecule has 0 radical (unpaired) electrons. The molecule has 1 aliphatic heterocycles. The van der Waals surface area contributed by atoms with Crippen LogP contribution in [-0.4, -0.2) is 32.1 Å². The normalized spacial score (nSPS) is 26.1. The molecule has 1 aromatic heterocycles. The first-order valence-corrected chi connectivity index (χ1v) is 9.14. The lowest BCUT2D eigenvalue weighted by atomic mass is 10.1. The highest BCUT2D eigenvalue weighted by Gasteiger charge is 2.42. The van der Waals surface area contributed by atoms with Crippen LogP contribution in [0.2, 0.25) is 4.34 Å². The van der Waals surface area contributed by atoms with E-state index in [9.17, 15) is 18.5 Å². The lowest BCUT2D eigenvalue weighted by Crippen LogP contribution is -2.41. The van der Waals surface area contributed by atoms with Gasteiger partial charge in [-0.25, -0.2) is 13.1 Å². The van der Waals surface area contributed by atoms with Crippen molar-refractivity contribution in [1.82, 2.24) is 4.72 Å².